The molecule has 0 saturated heterocycles. The largest absolute Gasteiger partial charge is 0.493 e. The zero-order valence-electron chi connectivity index (χ0n) is 21.3. The summed E-state index contributed by atoms with van der Waals surface area (Å²) >= 11 is 0. The number of hydrogen-bond acceptors (Lipinski definition) is 7. The molecule has 2 aromatic carbocycles. The topological polar surface area (TPSA) is 118 Å². The van der Waals surface area contributed by atoms with Crippen LogP contribution in [-0.2, 0) is 17.6 Å². The van der Waals surface area contributed by atoms with Crippen molar-refractivity contribution < 1.29 is 23.8 Å². The number of para-hydroxylation sites is 1. The van der Waals surface area contributed by atoms with Gasteiger partial charge < -0.3 is 24.5 Å². The van der Waals surface area contributed by atoms with Crippen molar-refractivity contribution in [2.24, 2.45) is 0 Å². The van der Waals surface area contributed by atoms with Crippen LogP contribution in [0.5, 0.6) is 5.75 Å². The van der Waals surface area contributed by atoms with Crippen LogP contribution < -0.4 is 15.0 Å². The van der Waals surface area contributed by atoms with Gasteiger partial charge in [0.05, 0.1) is 18.9 Å². The number of nitrogens with one attached hydrogen (secondary N) is 1. The molecular formula is C29H30N4O5. The average molecular weight is 515 g/mol. The van der Waals surface area contributed by atoms with E-state index in [1.807, 2.05) is 79.8 Å². The molecule has 0 spiro atoms. The van der Waals surface area contributed by atoms with Crippen LogP contribution in [0.3, 0.4) is 0 Å². The lowest BCUT2D eigenvalue weighted by Gasteiger charge is -2.15. The molecule has 9 nitrogen and oxygen atoms in total. The summed E-state index contributed by atoms with van der Waals surface area (Å²) in [5.74, 6) is -0.106. The predicted molar refractivity (Wildman–Crippen MR) is 144 cm³/mol. The minimum absolute atomic E-state index is 0.125. The molecule has 0 radical (unpaired) electrons. The number of rotatable bonds is 12. The molecule has 0 aliphatic rings. The number of nitrogens with zero attached hydrogens (tertiary/aromatic N) is 3. The van der Waals surface area contributed by atoms with Crippen LogP contribution in [-0.4, -0.2) is 47.7 Å². The summed E-state index contributed by atoms with van der Waals surface area (Å²) in [4.78, 5) is 34.7. The number of oxazole rings is 1. The molecule has 196 valence electrons. The van der Waals surface area contributed by atoms with Crippen molar-refractivity contribution in [3.63, 3.8) is 0 Å². The van der Waals surface area contributed by atoms with Gasteiger partial charge in [0.25, 0.3) is 5.91 Å². The molecule has 1 unspecified atom stereocenters. The molecule has 0 bridgehead atoms. The number of carbonyl (C=O) groups is 2. The van der Waals surface area contributed by atoms with Crippen LogP contribution in [0.2, 0.25) is 0 Å². The molecule has 1 atom stereocenters. The van der Waals surface area contributed by atoms with Gasteiger partial charge in [0.1, 0.15) is 17.8 Å². The summed E-state index contributed by atoms with van der Waals surface area (Å²) in [6.45, 7) is 0.478. The fourth-order valence-corrected chi connectivity index (χ4v) is 4.01. The van der Waals surface area contributed by atoms with E-state index in [0.29, 0.717) is 30.9 Å². The lowest BCUT2D eigenvalue weighted by molar-refractivity contribution is -0.137. The third-order valence-electron chi connectivity index (χ3n) is 6.05. The summed E-state index contributed by atoms with van der Waals surface area (Å²) in [5.41, 5.74) is 2.68. The van der Waals surface area contributed by atoms with Crippen molar-refractivity contribution in [3.05, 3.63) is 102 Å². The second-order valence-electron chi connectivity index (χ2n) is 8.78. The highest BCUT2D eigenvalue weighted by Crippen LogP contribution is 2.26. The summed E-state index contributed by atoms with van der Waals surface area (Å²) in [6, 6.07) is 22.5. The maximum absolute atomic E-state index is 12.9. The molecule has 2 aromatic heterocycles. The number of amides is 1. The van der Waals surface area contributed by atoms with E-state index in [4.69, 9.17) is 9.15 Å². The first-order valence-electron chi connectivity index (χ1n) is 12.3. The van der Waals surface area contributed by atoms with Crippen LogP contribution in [0.25, 0.3) is 0 Å². The van der Waals surface area contributed by atoms with Gasteiger partial charge in [-0.05, 0) is 48.4 Å². The van der Waals surface area contributed by atoms with E-state index >= 15 is 0 Å². The molecule has 0 aliphatic heterocycles. The van der Waals surface area contributed by atoms with E-state index in [-0.39, 0.29) is 23.9 Å². The molecule has 0 fully saturated rings. The van der Waals surface area contributed by atoms with Crippen molar-refractivity contribution in [2.45, 2.75) is 25.2 Å². The van der Waals surface area contributed by atoms with Crippen molar-refractivity contribution in [2.75, 3.05) is 30.9 Å². The van der Waals surface area contributed by atoms with E-state index < -0.39 is 11.9 Å². The third kappa shape index (κ3) is 6.97. The molecule has 4 aromatic rings. The summed E-state index contributed by atoms with van der Waals surface area (Å²) in [5, 5.41) is 12.5. The average Bonchev–Trinajstić information content (AvgIpc) is 3.44. The Morgan fingerprint density at radius 3 is 2.50 bits per heavy atom. The number of aliphatic carboxylic acids is 1. The molecule has 2 N–H and O–H groups in total. The van der Waals surface area contributed by atoms with Crippen LogP contribution >= 0.6 is 0 Å². The Morgan fingerprint density at radius 2 is 1.79 bits per heavy atom. The van der Waals surface area contributed by atoms with Gasteiger partial charge in [-0.15, -0.1) is 0 Å². The van der Waals surface area contributed by atoms with E-state index in [0.717, 1.165) is 17.1 Å². The normalized spacial score (nSPS) is 11.5. The lowest BCUT2D eigenvalue weighted by atomic mass is 9.96. The van der Waals surface area contributed by atoms with E-state index in [2.05, 4.69) is 15.3 Å². The van der Waals surface area contributed by atoms with E-state index in [1.54, 1.807) is 7.05 Å². The van der Waals surface area contributed by atoms with Gasteiger partial charge >= 0.3 is 5.97 Å². The number of carboxylic acids is 1. The molecule has 0 saturated carbocycles. The van der Waals surface area contributed by atoms with Crippen LogP contribution in [0.4, 0.5) is 11.5 Å². The first-order chi connectivity index (χ1) is 18.4. The quantitative estimate of drug-likeness (QED) is 0.277. The minimum Gasteiger partial charge on any atom is -0.493 e. The molecule has 4 rings (SSSR count). The van der Waals surface area contributed by atoms with Gasteiger partial charge in [-0.3, -0.25) is 9.59 Å². The zero-order chi connectivity index (χ0) is 26.9. The SMILES string of the molecule is CNc1cccc(CCOc2ccc(CC(CC(=O)O)c3nc(C(=O)N(C)c4ccccc4)co3)cc2)n1. The second-order valence-corrected chi connectivity index (χ2v) is 8.78. The summed E-state index contributed by atoms with van der Waals surface area (Å²) < 4.78 is 11.4. The Morgan fingerprint density at radius 1 is 1.03 bits per heavy atom. The van der Waals surface area contributed by atoms with Gasteiger partial charge in [0, 0.05) is 31.9 Å². The predicted octanol–water partition coefficient (Wildman–Crippen LogP) is 4.81. The maximum atomic E-state index is 12.9. The number of anilines is 2. The van der Waals surface area contributed by atoms with Gasteiger partial charge in [0.2, 0.25) is 0 Å². The van der Waals surface area contributed by atoms with Crippen molar-refractivity contribution in [3.8, 4) is 5.75 Å². The zero-order valence-corrected chi connectivity index (χ0v) is 21.3. The number of carbonyl (C=O) groups excluding carboxylic acids is 1. The lowest BCUT2D eigenvalue weighted by Crippen LogP contribution is -2.26. The number of aromatic nitrogens is 2. The molecule has 38 heavy (non-hydrogen) atoms. The summed E-state index contributed by atoms with van der Waals surface area (Å²) in [7, 11) is 3.48. The van der Waals surface area contributed by atoms with Crippen LogP contribution in [0.1, 0.15) is 40.0 Å². The third-order valence-corrected chi connectivity index (χ3v) is 6.05. The Hall–Kier alpha value is -4.66. The Kier molecular flexibility index (Phi) is 8.71. The van der Waals surface area contributed by atoms with Crippen molar-refractivity contribution in [1.82, 2.24) is 9.97 Å². The number of pyridine rings is 1. The molecular weight excluding hydrogens is 484 g/mol. The van der Waals surface area contributed by atoms with Crippen LogP contribution in [0, 0.1) is 0 Å². The number of hydrogen-bond donors (Lipinski definition) is 2. The van der Waals surface area contributed by atoms with Crippen LogP contribution in [0.15, 0.2) is 83.5 Å². The minimum atomic E-state index is -0.974. The number of benzene rings is 2. The second kappa shape index (κ2) is 12.5. The van der Waals surface area contributed by atoms with Gasteiger partial charge in [0.15, 0.2) is 11.6 Å². The smallest absolute Gasteiger partial charge is 0.304 e. The fraction of sp³-hybridized carbons (Fsp3) is 0.241. The number of carboxylic acid groups (broad SMARTS) is 1. The standard InChI is InChI=1S/C29H30N4O5/c1-30-26-10-6-7-22(31-26)15-16-37-24-13-11-20(12-14-24)17-21(18-27(34)35)28-32-25(19-38-28)29(36)33(2)23-8-4-3-5-9-23/h3-14,19,21H,15-18H2,1-2H3,(H,30,31)(H,34,35). The Labute approximate surface area is 221 Å². The van der Waals surface area contributed by atoms with Gasteiger partial charge in [-0.25, -0.2) is 9.97 Å². The van der Waals surface area contributed by atoms with Crippen molar-refractivity contribution >= 4 is 23.4 Å². The highest BCUT2D eigenvalue weighted by Gasteiger charge is 2.25. The Balaban J connectivity index is 1.38. The number of ether oxygens (including phenoxy) is 1. The summed E-state index contributed by atoms with van der Waals surface area (Å²) in [6.07, 6.45) is 2.15. The van der Waals surface area contributed by atoms with E-state index in [9.17, 15) is 14.7 Å². The highest BCUT2D eigenvalue weighted by atomic mass is 16.5. The Bertz CT molecular complexity index is 1350. The molecule has 0 aliphatic carbocycles. The first kappa shape index (κ1) is 26.4. The van der Waals surface area contributed by atoms with Gasteiger partial charge in [-0.1, -0.05) is 36.4 Å². The van der Waals surface area contributed by atoms with Gasteiger partial charge in [-0.2, -0.15) is 0 Å². The highest BCUT2D eigenvalue weighted by molar-refractivity contribution is 6.04. The van der Waals surface area contributed by atoms with E-state index in [1.165, 1.54) is 11.2 Å². The monoisotopic (exact) mass is 514 g/mol. The molecule has 1 amide bonds. The molecule has 9 heteroatoms. The fourth-order valence-electron chi connectivity index (χ4n) is 4.01. The molecule has 2 heterocycles. The first-order valence-corrected chi connectivity index (χ1v) is 12.3. The maximum Gasteiger partial charge on any atom is 0.304 e. The van der Waals surface area contributed by atoms with Crippen molar-refractivity contribution in [1.29, 1.82) is 0 Å².